The van der Waals surface area contributed by atoms with Crippen molar-refractivity contribution in [2.75, 3.05) is 23.9 Å². The minimum absolute atomic E-state index is 0.0282. The zero-order chi connectivity index (χ0) is 30.4. The summed E-state index contributed by atoms with van der Waals surface area (Å²) in [6.07, 6.45) is 12.2. The summed E-state index contributed by atoms with van der Waals surface area (Å²) in [7, 11) is 1.57. The van der Waals surface area contributed by atoms with Crippen LogP contribution in [-0.2, 0) is 4.79 Å². The smallest absolute Gasteiger partial charge is 0.231 e. The first kappa shape index (κ1) is 26.8. The Morgan fingerprint density at radius 2 is 2.02 bits per heavy atom. The molecule has 1 saturated heterocycles. The van der Waals surface area contributed by atoms with Gasteiger partial charge in [-0.1, -0.05) is 0 Å². The predicted molar refractivity (Wildman–Crippen MR) is 159 cm³/mol. The van der Waals surface area contributed by atoms with Crippen LogP contribution >= 0.6 is 0 Å². The summed E-state index contributed by atoms with van der Waals surface area (Å²) in [5, 5.41) is 27.3. The highest BCUT2D eigenvalue weighted by atomic mass is 16.5. The molecule has 224 valence electrons. The number of piperidine rings is 1. The molecule has 3 saturated carbocycles. The van der Waals surface area contributed by atoms with Gasteiger partial charge in [0.25, 0.3) is 0 Å². The highest BCUT2D eigenvalue weighted by Gasteiger charge is 2.86. The number of amides is 1. The maximum absolute atomic E-state index is 13.7. The number of anilines is 2. The zero-order valence-electron chi connectivity index (χ0n) is 24.7. The molecule has 5 heterocycles. The lowest BCUT2D eigenvalue weighted by atomic mass is 9.39. The van der Waals surface area contributed by atoms with E-state index in [1.165, 1.54) is 6.20 Å². The Labute approximate surface area is 253 Å². The second-order valence-electron chi connectivity index (χ2n) is 13.2. The monoisotopic (exact) mass is 592 g/mol. The molecular formula is C32H32N8O4. The topological polar surface area (TPSA) is 151 Å². The van der Waals surface area contributed by atoms with Crippen LogP contribution in [0.15, 0.2) is 49.2 Å². The molecule has 4 aliphatic rings. The van der Waals surface area contributed by atoms with Crippen LogP contribution in [-0.4, -0.2) is 67.0 Å². The minimum Gasteiger partial charge on any atom is -0.489 e. The highest BCUT2D eigenvalue weighted by molar-refractivity contribution is 5.98. The first-order chi connectivity index (χ1) is 21.2. The number of hydrogen-bond acceptors (Lipinski definition) is 10. The van der Waals surface area contributed by atoms with E-state index < -0.39 is 5.60 Å². The Morgan fingerprint density at radius 3 is 2.73 bits per heavy atom. The number of nitrogens with one attached hydrogen (secondary N) is 1. The number of aliphatic hydroxyl groups is 1. The standard InChI is InChI=1S/C32H32N8O4/c1-30(2,42)17-44-21-7-22(28-19(11-33)12-37-39(28)16-21)23-14-35-26(15-34-23)40-24-6-18-8-31(10-25(40)32(24,31)9-18)29(41)38-20-4-5-27(43-3)36-13-20/h4-5,7,12-16,18,24-25,42H,6,8-10,17H2,1-3H3,(H,38,41). The van der Waals surface area contributed by atoms with Crippen molar-refractivity contribution in [2.24, 2.45) is 16.7 Å². The molecule has 44 heavy (non-hydrogen) atoms. The summed E-state index contributed by atoms with van der Waals surface area (Å²) in [6.45, 7) is 3.43. The number of carbonyl (C=O) groups excluding carboxylic acids is 1. The average Bonchev–Trinajstić information content (AvgIpc) is 3.68. The Kier molecular flexibility index (Phi) is 5.56. The van der Waals surface area contributed by atoms with Crippen molar-refractivity contribution in [1.82, 2.24) is 24.6 Å². The summed E-state index contributed by atoms with van der Waals surface area (Å²) in [6, 6.07) is 8.10. The number of nitriles is 1. The van der Waals surface area contributed by atoms with Crippen LogP contribution in [0.5, 0.6) is 11.6 Å². The molecule has 4 aromatic heterocycles. The minimum atomic E-state index is -1.01. The van der Waals surface area contributed by atoms with Crippen LogP contribution in [0.3, 0.4) is 0 Å². The van der Waals surface area contributed by atoms with Crippen LogP contribution in [0.1, 0.15) is 45.1 Å². The quantitative estimate of drug-likeness (QED) is 0.311. The highest BCUT2D eigenvalue weighted by Crippen LogP contribution is 2.82. The van der Waals surface area contributed by atoms with E-state index in [0.717, 1.165) is 31.5 Å². The van der Waals surface area contributed by atoms with Crippen molar-refractivity contribution in [3.8, 4) is 29.0 Å². The molecule has 5 unspecified atom stereocenters. The second kappa shape index (κ2) is 9.12. The molecule has 12 nitrogen and oxygen atoms in total. The molecule has 5 atom stereocenters. The number of fused-ring (bicyclic) bond motifs is 2. The number of aromatic nitrogens is 5. The van der Waals surface area contributed by atoms with Crippen LogP contribution in [0.2, 0.25) is 0 Å². The number of carbonyl (C=O) groups is 1. The number of nitrogens with zero attached hydrogens (tertiary/aromatic N) is 7. The van der Waals surface area contributed by atoms with Gasteiger partial charge in [-0.2, -0.15) is 10.4 Å². The largest absolute Gasteiger partial charge is 0.489 e. The Morgan fingerprint density at radius 1 is 1.16 bits per heavy atom. The lowest BCUT2D eigenvalue weighted by Gasteiger charge is -2.76. The number of pyridine rings is 2. The third-order valence-corrected chi connectivity index (χ3v) is 10.2. The summed E-state index contributed by atoms with van der Waals surface area (Å²) < 4.78 is 12.6. The van der Waals surface area contributed by atoms with Crippen molar-refractivity contribution < 1.29 is 19.4 Å². The average molecular weight is 593 g/mol. The van der Waals surface area contributed by atoms with Crippen molar-refractivity contribution >= 4 is 22.9 Å². The van der Waals surface area contributed by atoms with Gasteiger partial charge in [-0.3, -0.25) is 9.78 Å². The van der Waals surface area contributed by atoms with Crippen LogP contribution in [0.25, 0.3) is 16.8 Å². The number of ether oxygens (including phenoxy) is 2. The summed E-state index contributed by atoms with van der Waals surface area (Å²) >= 11 is 0. The molecule has 2 bridgehead atoms. The molecule has 4 aromatic rings. The van der Waals surface area contributed by atoms with Crippen LogP contribution in [0.4, 0.5) is 11.5 Å². The second-order valence-corrected chi connectivity index (χ2v) is 13.2. The fourth-order valence-electron chi connectivity index (χ4n) is 8.60. The van der Waals surface area contributed by atoms with Gasteiger partial charge in [0.05, 0.1) is 71.6 Å². The maximum Gasteiger partial charge on any atom is 0.231 e. The molecular weight excluding hydrogens is 560 g/mol. The lowest BCUT2D eigenvalue weighted by molar-refractivity contribution is -0.179. The van der Waals surface area contributed by atoms with Crippen molar-refractivity contribution in [1.29, 1.82) is 5.26 Å². The van der Waals surface area contributed by atoms with Crippen molar-refractivity contribution in [2.45, 2.75) is 57.2 Å². The van der Waals surface area contributed by atoms with Gasteiger partial charge in [-0.05, 0) is 57.6 Å². The number of hydrogen-bond donors (Lipinski definition) is 2. The third-order valence-electron chi connectivity index (χ3n) is 10.2. The van der Waals surface area contributed by atoms with E-state index in [9.17, 15) is 15.2 Å². The molecule has 0 radical (unpaired) electrons. The van der Waals surface area contributed by atoms with E-state index in [4.69, 9.17) is 19.4 Å². The van der Waals surface area contributed by atoms with E-state index in [1.54, 1.807) is 62.4 Å². The SMILES string of the molecule is COc1ccc(NC(=O)C23CC4CC5N(c6cnc(-c7cc(OCC(C)(C)O)cn8ncc(C#N)c78)cn6)C(C2)C53C4)cn1. The van der Waals surface area contributed by atoms with E-state index >= 15 is 0 Å². The van der Waals surface area contributed by atoms with Gasteiger partial charge < -0.3 is 24.8 Å². The fraction of sp³-hybridized carbons (Fsp3) is 0.438. The molecule has 4 fully saturated rings. The maximum atomic E-state index is 13.7. The van der Waals surface area contributed by atoms with Crippen molar-refractivity contribution in [3.63, 3.8) is 0 Å². The number of methoxy groups -OCH3 is 1. The molecule has 12 heteroatoms. The van der Waals surface area contributed by atoms with Gasteiger partial charge in [0.15, 0.2) is 0 Å². The van der Waals surface area contributed by atoms with E-state index in [2.05, 4.69) is 26.4 Å². The van der Waals surface area contributed by atoms with Gasteiger partial charge in [0.1, 0.15) is 24.2 Å². The van der Waals surface area contributed by atoms with Gasteiger partial charge in [0.2, 0.25) is 11.8 Å². The summed E-state index contributed by atoms with van der Waals surface area (Å²) in [5.41, 5.74) is 1.56. The van der Waals surface area contributed by atoms with Gasteiger partial charge in [-0.25, -0.2) is 14.5 Å². The van der Waals surface area contributed by atoms with E-state index in [1.807, 2.05) is 6.07 Å². The molecule has 2 N–H and O–H groups in total. The summed E-state index contributed by atoms with van der Waals surface area (Å²) in [4.78, 5) is 30.0. The first-order valence-corrected chi connectivity index (χ1v) is 14.8. The zero-order valence-corrected chi connectivity index (χ0v) is 24.7. The van der Waals surface area contributed by atoms with Gasteiger partial charge >= 0.3 is 0 Å². The summed E-state index contributed by atoms with van der Waals surface area (Å²) in [5.74, 6) is 2.42. The molecule has 1 amide bonds. The molecule has 3 aliphatic carbocycles. The van der Waals surface area contributed by atoms with E-state index in [-0.39, 0.29) is 35.4 Å². The van der Waals surface area contributed by atoms with Gasteiger partial charge in [-0.15, -0.1) is 0 Å². The Bertz CT molecular complexity index is 1840. The fourth-order valence-corrected chi connectivity index (χ4v) is 8.60. The Balaban J connectivity index is 1.05. The van der Waals surface area contributed by atoms with Crippen LogP contribution < -0.4 is 19.7 Å². The molecule has 1 spiro atoms. The normalized spacial score (nSPS) is 27.7. The number of rotatable bonds is 8. The van der Waals surface area contributed by atoms with Crippen molar-refractivity contribution in [3.05, 3.63) is 54.7 Å². The van der Waals surface area contributed by atoms with E-state index in [0.29, 0.717) is 45.6 Å². The van der Waals surface area contributed by atoms with Crippen LogP contribution in [0, 0.1) is 28.1 Å². The third kappa shape index (κ3) is 3.62. The lowest BCUT2D eigenvalue weighted by Crippen LogP contribution is -2.85. The first-order valence-electron chi connectivity index (χ1n) is 14.8. The predicted octanol–water partition coefficient (Wildman–Crippen LogP) is 3.60. The molecule has 1 aliphatic heterocycles. The molecule has 8 rings (SSSR count). The molecule has 0 aromatic carbocycles. The van der Waals surface area contributed by atoms with Gasteiger partial charge in [0, 0.05) is 29.1 Å². The Hall–Kier alpha value is -4.76.